The lowest BCUT2D eigenvalue weighted by atomic mass is 9.96. The molecule has 3 heterocycles. The molecule has 2 amide bonds. The number of amides is 2. The number of hydrogen-bond donors (Lipinski definition) is 1. The molecule has 2 N–H and O–H groups in total. The molecule has 10 heteroatoms. The van der Waals surface area contributed by atoms with Gasteiger partial charge in [-0.05, 0) is 68.3 Å². The van der Waals surface area contributed by atoms with Crippen LogP contribution in [0.5, 0.6) is 5.75 Å². The van der Waals surface area contributed by atoms with Crippen molar-refractivity contribution in [2.45, 2.75) is 30.7 Å². The monoisotopic (exact) mass is 567 g/mol. The smallest absolute Gasteiger partial charge is 0.253 e. The van der Waals surface area contributed by atoms with Crippen LogP contribution >= 0.6 is 11.8 Å². The summed E-state index contributed by atoms with van der Waals surface area (Å²) in [5.74, 6) is 0.612. The van der Waals surface area contributed by atoms with Gasteiger partial charge in [0.05, 0.1) is 23.7 Å². The van der Waals surface area contributed by atoms with E-state index in [4.69, 9.17) is 20.4 Å². The zero-order valence-corrected chi connectivity index (χ0v) is 23.6. The van der Waals surface area contributed by atoms with Gasteiger partial charge in [-0.3, -0.25) is 18.8 Å². The van der Waals surface area contributed by atoms with Gasteiger partial charge in [-0.2, -0.15) is 0 Å². The highest BCUT2D eigenvalue weighted by molar-refractivity contribution is 7.98. The number of fused-ring (bicyclic) bond motifs is 5. The number of hydrogen-bond acceptors (Lipinski definition) is 7. The van der Waals surface area contributed by atoms with Gasteiger partial charge in [0, 0.05) is 46.8 Å². The van der Waals surface area contributed by atoms with Crippen molar-refractivity contribution < 1.29 is 19.1 Å². The third kappa shape index (κ3) is 4.99. The molecule has 9 nitrogen and oxygen atoms in total. The summed E-state index contributed by atoms with van der Waals surface area (Å²) in [7, 11) is 1.61. The normalized spacial score (nSPS) is 14.1. The van der Waals surface area contributed by atoms with Crippen molar-refractivity contribution in [2.24, 2.45) is 11.7 Å². The lowest BCUT2D eigenvalue weighted by molar-refractivity contribution is -0.123. The van der Waals surface area contributed by atoms with E-state index >= 15 is 0 Å². The van der Waals surface area contributed by atoms with E-state index < -0.39 is 0 Å². The molecule has 1 aliphatic rings. The second-order valence-corrected chi connectivity index (χ2v) is 11.2. The van der Waals surface area contributed by atoms with E-state index in [0.717, 1.165) is 27.6 Å². The summed E-state index contributed by atoms with van der Waals surface area (Å²) in [6.07, 6.45) is 1.15. The van der Waals surface area contributed by atoms with Crippen molar-refractivity contribution in [3.63, 3.8) is 0 Å². The average molecular weight is 568 g/mol. The molecule has 0 aliphatic carbocycles. The fraction of sp³-hybridized carbons (Fsp3) is 0.258. The molecule has 208 valence electrons. The van der Waals surface area contributed by atoms with Gasteiger partial charge < -0.3 is 15.4 Å². The van der Waals surface area contributed by atoms with Gasteiger partial charge in [-0.15, -0.1) is 0 Å². The zero-order valence-electron chi connectivity index (χ0n) is 22.8. The number of para-hydroxylation sites is 2. The van der Waals surface area contributed by atoms with Gasteiger partial charge in [-0.1, -0.05) is 23.9 Å². The second kappa shape index (κ2) is 10.9. The number of benzene rings is 3. The van der Waals surface area contributed by atoms with Gasteiger partial charge in [0.25, 0.3) is 5.91 Å². The highest BCUT2D eigenvalue weighted by Crippen LogP contribution is 2.33. The molecule has 0 spiro atoms. The molecule has 41 heavy (non-hydrogen) atoms. The zero-order chi connectivity index (χ0) is 28.7. The van der Waals surface area contributed by atoms with Crippen LogP contribution in [0.25, 0.3) is 27.6 Å². The summed E-state index contributed by atoms with van der Waals surface area (Å²) >= 11 is 1.51. The Labute approximate surface area is 240 Å². The SMILES string of the molecule is COc1ccc(C(C)=O)cc1CSc1nc2cc(C(=O)N3CCC(C(N)=O)CC3)ccc2c2nc3ccccc3n12. The first-order chi connectivity index (χ1) is 19.8. The van der Waals surface area contributed by atoms with Crippen molar-refractivity contribution >= 4 is 56.9 Å². The lowest BCUT2D eigenvalue weighted by Gasteiger charge is -2.30. The minimum absolute atomic E-state index is 0.0122. The Morgan fingerprint density at radius 1 is 0.976 bits per heavy atom. The molecular weight excluding hydrogens is 538 g/mol. The van der Waals surface area contributed by atoms with Crippen LogP contribution in [-0.4, -0.2) is 57.1 Å². The highest BCUT2D eigenvalue weighted by atomic mass is 32.2. The number of carbonyl (C=O) groups is 3. The van der Waals surface area contributed by atoms with Crippen molar-refractivity contribution in [1.82, 2.24) is 19.3 Å². The fourth-order valence-corrected chi connectivity index (χ4v) is 6.39. The number of primary amides is 1. The molecule has 3 aromatic carbocycles. The number of methoxy groups -OCH3 is 1. The van der Waals surface area contributed by atoms with Gasteiger partial charge in [-0.25, -0.2) is 9.97 Å². The standard InChI is InChI=1S/C31H29N5O4S/c1-18(37)20-8-10-27(40-2)22(15-20)17-41-31-34-25-16-21(30(39)35-13-11-19(12-14-35)28(32)38)7-9-23(25)29-33-24-5-3-4-6-26(24)36(29)31/h3-10,15-16,19H,11-14,17H2,1-2H3,(H2,32,38). The summed E-state index contributed by atoms with van der Waals surface area (Å²) < 4.78 is 7.61. The highest BCUT2D eigenvalue weighted by Gasteiger charge is 2.27. The predicted molar refractivity (Wildman–Crippen MR) is 158 cm³/mol. The largest absolute Gasteiger partial charge is 0.496 e. The van der Waals surface area contributed by atoms with E-state index in [2.05, 4.69) is 0 Å². The molecule has 6 rings (SSSR count). The van der Waals surface area contributed by atoms with Gasteiger partial charge in [0.15, 0.2) is 10.9 Å². The number of nitrogens with zero attached hydrogens (tertiary/aromatic N) is 4. The summed E-state index contributed by atoms with van der Waals surface area (Å²) in [6, 6.07) is 18.9. The molecule has 0 saturated carbocycles. The molecule has 1 fully saturated rings. The molecular formula is C31H29N5O4S. The Hall–Kier alpha value is -4.44. The maximum absolute atomic E-state index is 13.4. The van der Waals surface area contributed by atoms with E-state index in [-0.39, 0.29) is 23.5 Å². The molecule has 2 aromatic heterocycles. The number of ketones is 1. The summed E-state index contributed by atoms with van der Waals surface area (Å²) in [5, 5.41) is 1.55. The van der Waals surface area contributed by atoms with E-state index in [9.17, 15) is 14.4 Å². The Bertz CT molecular complexity index is 1840. The summed E-state index contributed by atoms with van der Waals surface area (Å²) in [6.45, 7) is 2.53. The Morgan fingerprint density at radius 2 is 1.73 bits per heavy atom. The van der Waals surface area contributed by atoms with Crippen LogP contribution < -0.4 is 10.5 Å². The maximum Gasteiger partial charge on any atom is 0.253 e. The van der Waals surface area contributed by atoms with Crippen molar-refractivity contribution in [3.05, 3.63) is 77.4 Å². The number of aromatic nitrogens is 3. The third-order valence-electron chi connectivity index (χ3n) is 7.68. The molecule has 0 radical (unpaired) electrons. The van der Waals surface area contributed by atoms with Crippen LogP contribution in [0.4, 0.5) is 0 Å². The Balaban J connectivity index is 1.40. The first-order valence-electron chi connectivity index (χ1n) is 13.4. The van der Waals surface area contributed by atoms with Crippen LogP contribution in [0.1, 0.15) is 46.0 Å². The average Bonchev–Trinajstić information content (AvgIpc) is 3.39. The molecule has 0 bridgehead atoms. The van der Waals surface area contributed by atoms with Crippen LogP contribution in [-0.2, 0) is 10.5 Å². The summed E-state index contributed by atoms with van der Waals surface area (Å²) in [4.78, 5) is 48.7. The van der Waals surface area contributed by atoms with E-state index in [0.29, 0.717) is 59.2 Å². The molecule has 1 aliphatic heterocycles. The van der Waals surface area contributed by atoms with Gasteiger partial charge in [0.1, 0.15) is 11.4 Å². The first kappa shape index (κ1) is 26.8. The number of thioether (sulfide) groups is 1. The Kier molecular flexibility index (Phi) is 7.08. The summed E-state index contributed by atoms with van der Waals surface area (Å²) in [5.41, 5.74) is 10.7. The van der Waals surface area contributed by atoms with E-state index in [1.165, 1.54) is 11.8 Å². The lowest BCUT2D eigenvalue weighted by Crippen LogP contribution is -2.41. The fourth-order valence-electron chi connectivity index (χ4n) is 5.40. The van der Waals surface area contributed by atoms with E-state index in [1.54, 1.807) is 25.0 Å². The van der Waals surface area contributed by atoms with E-state index in [1.807, 2.05) is 59.0 Å². The van der Waals surface area contributed by atoms with Crippen LogP contribution in [0.2, 0.25) is 0 Å². The van der Waals surface area contributed by atoms with Crippen molar-refractivity contribution in [3.8, 4) is 5.75 Å². The number of ether oxygens (including phenoxy) is 1. The number of rotatable bonds is 7. The maximum atomic E-state index is 13.4. The van der Waals surface area contributed by atoms with Crippen LogP contribution in [0, 0.1) is 5.92 Å². The number of nitrogens with two attached hydrogens (primary N) is 1. The minimum Gasteiger partial charge on any atom is -0.496 e. The van der Waals surface area contributed by atoms with Crippen LogP contribution in [0.15, 0.2) is 65.8 Å². The topological polar surface area (TPSA) is 120 Å². The molecule has 5 aromatic rings. The first-order valence-corrected chi connectivity index (χ1v) is 14.4. The van der Waals surface area contributed by atoms with Crippen LogP contribution in [0.3, 0.4) is 0 Å². The van der Waals surface area contributed by atoms with Gasteiger partial charge in [0.2, 0.25) is 5.91 Å². The predicted octanol–water partition coefficient (Wildman–Crippen LogP) is 4.88. The third-order valence-corrected chi connectivity index (χ3v) is 8.67. The molecule has 0 atom stereocenters. The second-order valence-electron chi connectivity index (χ2n) is 10.2. The van der Waals surface area contributed by atoms with Crippen molar-refractivity contribution in [2.75, 3.05) is 20.2 Å². The number of piperidine rings is 1. The number of carbonyl (C=O) groups excluding carboxylic acids is 3. The molecule has 1 saturated heterocycles. The van der Waals surface area contributed by atoms with Gasteiger partial charge >= 0.3 is 0 Å². The number of Topliss-reactive ketones (excluding diaryl/α,β-unsaturated/α-hetero) is 1. The Morgan fingerprint density at radius 3 is 2.46 bits per heavy atom. The quantitative estimate of drug-likeness (QED) is 0.169. The number of likely N-dealkylation sites (tertiary alicyclic amines) is 1. The minimum atomic E-state index is -0.307. The molecule has 0 unspecified atom stereocenters. The number of imidazole rings is 1. The van der Waals surface area contributed by atoms with Crippen molar-refractivity contribution in [1.29, 1.82) is 0 Å².